The summed E-state index contributed by atoms with van der Waals surface area (Å²) in [5.74, 6) is 0.883. The molecule has 2 aromatic heterocycles. The van der Waals surface area contributed by atoms with Crippen molar-refractivity contribution in [2.24, 2.45) is 0 Å². The lowest BCUT2D eigenvalue weighted by Crippen LogP contribution is -2.32. The highest BCUT2D eigenvalue weighted by molar-refractivity contribution is 5.91. The molecule has 0 amide bonds. The van der Waals surface area contributed by atoms with E-state index in [9.17, 15) is 4.79 Å². The molecule has 236 valence electrons. The standard InChI is InChI=1S/C37H40N6O3/c1-5-30-22-41(21-28-11-6-7-15-35(28)46-30)20-25-10-8-12-26(16-25)27-13-9-14-29(17-27)43-36(33(19-38-43)37(44)45-4)32-18-31(32)34-23-42(24(2)3)40-39-34/h6-17,19,23-24,30-32H,5,18,20-22H2,1-4H3/t30-,31+,32+/m1/s1. The lowest BCUT2D eigenvalue weighted by Gasteiger charge is -2.23. The van der Waals surface area contributed by atoms with Crippen LogP contribution in [0.25, 0.3) is 16.8 Å². The van der Waals surface area contributed by atoms with Gasteiger partial charge in [0.15, 0.2) is 0 Å². The molecule has 1 saturated carbocycles. The molecule has 5 aromatic rings. The Morgan fingerprint density at radius 3 is 2.61 bits per heavy atom. The molecule has 0 bridgehead atoms. The van der Waals surface area contributed by atoms with Crippen LogP contribution in [0.1, 0.15) is 84.4 Å². The van der Waals surface area contributed by atoms with Gasteiger partial charge in [-0.2, -0.15) is 5.10 Å². The summed E-state index contributed by atoms with van der Waals surface area (Å²) < 4.78 is 15.3. The number of rotatable bonds is 9. The Hall–Kier alpha value is -4.76. The number of hydrogen-bond acceptors (Lipinski definition) is 7. The molecular weight excluding hydrogens is 576 g/mol. The lowest BCUT2D eigenvalue weighted by atomic mass is 10.0. The summed E-state index contributed by atoms with van der Waals surface area (Å²) in [6.45, 7) is 8.92. The van der Waals surface area contributed by atoms with Crippen molar-refractivity contribution in [2.75, 3.05) is 13.7 Å². The van der Waals surface area contributed by atoms with Crippen molar-refractivity contribution >= 4 is 5.97 Å². The predicted octanol–water partition coefficient (Wildman–Crippen LogP) is 6.94. The van der Waals surface area contributed by atoms with Gasteiger partial charge in [-0.3, -0.25) is 4.90 Å². The molecule has 1 aliphatic carbocycles. The highest BCUT2D eigenvalue weighted by atomic mass is 16.5. The van der Waals surface area contributed by atoms with Gasteiger partial charge in [-0.25, -0.2) is 14.2 Å². The zero-order valence-corrected chi connectivity index (χ0v) is 26.8. The van der Waals surface area contributed by atoms with Gasteiger partial charge in [0.1, 0.15) is 17.4 Å². The maximum atomic E-state index is 12.8. The van der Waals surface area contributed by atoms with Gasteiger partial charge in [0.05, 0.1) is 30.4 Å². The number of methoxy groups -OCH3 is 1. The first-order chi connectivity index (χ1) is 22.4. The van der Waals surface area contributed by atoms with Crippen LogP contribution in [0.15, 0.2) is 85.2 Å². The zero-order valence-electron chi connectivity index (χ0n) is 26.8. The first kappa shape index (κ1) is 29.9. The van der Waals surface area contributed by atoms with Crippen LogP contribution in [0.3, 0.4) is 0 Å². The Bertz CT molecular complexity index is 1860. The summed E-state index contributed by atoms with van der Waals surface area (Å²) in [6, 6.07) is 25.7. The Balaban J connectivity index is 1.16. The number of aromatic nitrogens is 5. The minimum atomic E-state index is -0.381. The van der Waals surface area contributed by atoms with E-state index in [2.05, 4.69) is 90.6 Å². The number of benzene rings is 3. The molecule has 0 radical (unpaired) electrons. The summed E-state index contributed by atoms with van der Waals surface area (Å²) in [5.41, 5.74) is 7.89. The summed E-state index contributed by atoms with van der Waals surface area (Å²) in [5, 5.41) is 13.5. The summed E-state index contributed by atoms with van der Waals surface area (Å²) in [7, 11) is 1.41. The van der Waals surface area contributed by atoms with Gasteiger partial charge in [-0.05, 0) is 67.6 Å². The minimum Gasteiger partial charge on any atom is -0.489 e. The smallest absolute Gasteiger partial charge is 0.341 e. The average molecular weight is 617 g/mol. The van der Waals surface area contributed by atoms with Crippen molar-refractivity contribution < 1.29 is 14.3 Å². The van der Waals surface area contributed by atoms with Crippen molar-refractivity contribution in [3.8, 4) is 22.6 Å². The second kappa shape index (κ2) is 12.6. The van der Waals surface area contributed by atoms with Crippen LogP contribution < -0.4 is 4.74 Å². The van der Waals surface area contributed by atoms with Gasteiger partial charge >= 0.3 is 5.97 Å². The van der Waals surface area contributed by atoms with Crippen molar-refractivity contribution in [3.63, 3.8) is 0 Å². The van der Waals surface area contributed by atoms with Crippen LogP contribution in [-0.2, 0) is 17.8 Å². The normalized spacial score (nSPS) is 19.4. The second-order valence-electron chi connectivity index (χ2n) is 12.7. The van der Waals surface area contributed by atoms with E-state index in [0.717, 1.165) is 66.4 Å². The number of ether oxygens (including phenoxy) is 2. The number of fused-ring (bicyclic) bond motifs is 1. The van der Waals surface area contributed by atoms with Gasteiger partial charge in [0.2, 0.25) is 0 Å². The molecule has 7 rings (SSSR count). The van der Waals surface area contributed by atoms with Crippen molar-refractivity contribution in [3.05, 3.63) is 113 Å². The third-order valence-electron chi connectivity index (χ3n) is 9.12. The Morgan fingerprint density at radius 2 is 1.83 bits per heavy atom. The van der Waals surface area contributed by atoms with Gasteiger partial charge in [-0.15, -0.1) is 5.10 Å². The van der Waals surface area contributed by atoms with E-state index in [4.69, 9.17) is 14.6 Å². The van der Waals surface area contributed by atoms with Gasteiger partial charge < -0.3 is 9.47 Å². The summed E-state index contributed by atoms with van der Waals surface area (Å²) >= 11 is 0. The summed E-state index contributed by atoms with van der Waals surface area (Å²) in [6.07, 6.45) is 5.64. The van der Waals surface area contributed by atoms with Gasteiger partial charge in [0.25, 0.3) is 0 Å². The summed E-state index contributed by atoms with van der Waals surface area (Å²) in [4.78, 5) is 15.3. The van der Waals surface area contributed by atoms with Crippen LogP contribution in [0.2, 0.25) is 0 Å². The van der Waals surface area contributed by atoms with Crippen LogP contribution in [0, 0.1) is 0 Å². The average Bonchev–Trinajstić information content (AvgIpc) is 3.53. The molecule has 9 heteroatoms. The molecule has 1 aliphatic heterocycles. The number of nitrogens with zero attached hydrogens (tertiary/aromatic N) is 6. The monoisotopic (exact) mass is 616 g/mol. The van der Waals surface area contributed by atoms with Crippen LogP contribution in [0.4, 0.5) is 0 Å². The molecule has 9 nitrogen and oxygen atoms in total. The Morgan fingerprint density at radius 1 is 1.02 bits per heavy atom. The van der Waals surface area contributed by atoms with E-state index in [1.54, 1.807) is 6.20 Å². The Labute approximate surface area is 269 Å². The molecule has 1 fully saturated rings. The van der Waals surface area contributed by atoms with Crippen molar-refractivity contribution in [2.45, 2.75) is 70.7 Å². The quantitative estimate of drug-likeness (QED) is 0.166. The van der Waals surface area contributed by atoms with Crippen LogP contribution in [0.5, 0.6) is 5.75 Å². The number of carbonyl (C=O) groups excluding carboxylic acids is 1. The maximum Gasteiger partial charge on any atom is 0.341 e. The number of para-hydroxylation sites is 1. The SMILES string of the molecule is CC[C@@H]1CN(Cc2cccc(-c3cccc(-n4ncc(C(=O)OC)c4[C@H]4C[C@@H]4c4cn(C(C)C)nn4)c3)c2)Cc2ccccc2O1. The van der Waals surface area contributed by atoms with E-state index in [-0.39, 0.29) is 30.0 Å². The molecule has 2 aliphatic rings. The molecule has 0 spiro atoms. The Kier molecular flexibility index (Phi) is 8.17. The molecule has 0 unspecified atom stereocenters. The van der Waals surface area contributed by atoms with E-state index < -0.39 is 0 Å². The topological polar surface area (TPSA) is 87.3 Å². The number of esters is 1. The number of carbonyl (C=O) groups is 1. The molecule has 0 N–H and O–H groups in total. The van der Waals surface area contributed by atoms with Crippen molar-refractivity contribution in [1.29, 1.82) is 0 Å². The molecule has 0 saturated heterocycles. The van der Waals surface area contributed by atoms with E-state index >= 15 is 0 Å². The molecule has 3 aromatic carbocycles. The molecule has 3 heterocycles. The van der Waals surface area contributed by atoms with Crippen molar-refractivity contribution in [1.82, 2.24) is 29.7 Å². The lowest BCUT2D eigenvalue weighted by molar-refractivity contribution is 0.0599. The predicted molar refractivity (Wildman–Crippen MR) is 176 cm³/mol. The van der Waals surface area contributed by atoms with E-state index in [1.165, 1.54) is 18.2 Å². The highest BCUT2D eigenvalue weighted by Crippen LogP contribution is 2.55. The zero-order chi connectivity index (χ0) is 31.8. The molecule has 46 heavy (non-hydrogen) atoms. The van der Waals surface area contributed by atoms with E-state index in [0.29, 0.717) is 5.56 Å². The first-order valence-corrected chi connectivity index (χ1v) is 16.2. The fourth-order valence-corrected chi connectivity index (χ4v) is 6.54. The highest BCUT2D eigenvalue weighted by Gasteiger charge is 2.46. The van der Waals surface area contributed by atoms with Gasteiger partial charge in [0, 0.05) is 49.3 Å². The molecule has 3 atom stereocenters. The fourth-order valence-electron chi connectivity index (χ4n) is 6.54. The minimum absolute atomic E-state index is 0.0931. The fraction of sp³-hybridized carbons (Fsp3) is 0.351. The largest absolute Gasteiger partial charge is 0.489 e. The first-order valence-electron chi connectivity index (χ1n) is 16.2. The van der Waals surface area contributed by atoms with Crippen LogP contribution in [-0.4, -0.2) is 55.4 Å². The van der Waals surface area contributed by atoms with Gasteiger partial charge in [-0.1, -0.05) is 60.7 Å². The van der Waals surface area contributed by atoms with Crippen LogP contribution >= 0.6 is 0 Å². The maximum absolute atomic E-state index is 12.8. The van der Waals surface area contributed by atoms with E-state index in [1.807, 2.05) is 33.8 Å². The third-order valence-corrected chi connectivity index (χ3v) is 9.12. The molecular formula is C37H40N6O3. The second-order valence-corrected chi connectivity index (χ2v) is 12.7. The number of hydrogen-bond donors (Lipinski definition) is 0. The third kappa shape index (κ3) is 5.95.